The first-order valence-electron chi connectivity index (χ1n) is 7.28. The van der Waals surface area contributed by atoms with Gasteiger partial charge in [-0.15, -0.1) is 0 Å². The van der Waals surface area contributed by atoms with Gasteiger partial charge in [0.1, 0.15) is 5.60 Å². The summed E-state index contributed by atoms with van der Waals surface area (Å²) in [4.78, 5) is 24.7. The molecule has 1 atom stereocenters. The number of carbonyl (C=O) groups is 2. The topological polar surface area (TPSA) is 76.1 Å². The number of hydrogen-bond acceptors (Lipinski definition) is 4. The van der Waals surface area contributed by atoms with Crippen molar-refractivity contribution in [3.05, 3.63) is 0 Å². The number of piperidine rings is 1. The summed E-state index contributed by atoms with van der Waals surface area (Å²) in [6, 6.07) is 0. The number of carboxylic acid groups (broad SMARTS) is 1. The lowest BCUT2D eigenvalue weighted by Crippen LogP contribution is -2.50. The maximum absolute atomic E-state index is 12.4. The Balaban J connectivity index is 1.73. The van der Waals surface area contributed by atoms with Gasteiger partial charge in [0.2, 0.25) is 0 Å². The Hall–Kier alpha value is -1.14. The molecule has 6 nitrogen and oxygen atoms in total. The molecule has 2 heterocycles. The predicted molar refractivity (Wildman–Crippen MR) is 71.4 cm³/mol. The Morgan fingerprint density at radius 1 is 1.40 bits per heavy atom. The van der Waals surface area contributed by atoms with Crippen molar-refractivity contribution in [1.82, 2.24) is 4.90 Å². The number of nitrogens with zero attached hydrogens (tertiary/aromatic N) is 1. The summed E-state index contributed by atoms with van der Waals surface area (Å²) >= 11 is 0. The summed E-state index contributed by atoms with van der Waals surface area (Å²) in [5.41, 5.74) is -0.642. The van der Waals surface area contributed by atoms with Gasteiger partial charge in [0.25, 0.3) is 5.91 Å². The van der Waals surface area contributed by atoms with Gasteiger partial charge >= 0.3 is 5.97 Å². The normalized spacial score (nSPS) is 27.8. The van der Waals surface area contributed by atoms with Crippen molar-refractivity contribution in [2.45, 2.75) is 50.7 Å². The lowest BCUT2D eigenvalue weighted by atomic mass is 9.98. The van der Waals surface area contributed by atoms with Crippen molar-refractivity contribution in [3.8, 4) is 0 Å². The molecule has 0 bridgehead atoms. The molecular weight excluding hydrogens is 262 g/mol. The van der Waals surface area contributed by atoms with Crippen LogP contribution in [-0.4, -0.2) is 59.9 Å². The van der Waals surface area contributed by atoms with Crippen molar-refractivity contribution in [3.63, 3.8) is 0 Å². The second-order valence-corrected chi connectivity index (χ2v) is 5.69. The molecule has 2 saturated heterocycles. The molecule has 0 aliphatic carbocycles. The zero-order chi connectivity index (χ0) is 14.6. The number of ether oxygens (including phenoxy) is 2. The summed E-state index contributed by atoms with van der Waals surface area (Å²) in [5, 5.41) is 8.56. The molecule has 6 heteroatoms. The fraction of sp³-hybridized carbons (Fsp3) is 0.857. The van der Waals surface area contributed by atoms with E-state index in [4.69, 9.17) is 14.6 Å². The zero-order valence-electron chi connectivity index (χ0n) is 12.0. The number of carboxylic acids is 1. The van der Waals surface area contributed by atoms with Gasteiger partial charge in [0.15, 0.2) is 0 Å². The maximum Gasteiger partial charge on any atom is 0.305 e. The SMILES string of the molecule is CC1(C(=O)N2CCC(OCCC(=O)O)CC2)CCCO1. The fourth-order valence-electron chi connectivity index (χ4n) is 2.82. The van der Waals surface area contributed by atoms with Gasteiger partial charge < -0.3 is 19.5 Å². The van der Waals surface area contributed by atoms with Crippen LogP contribution < -0.4 is 0 Å². The molecule has 0 radical (unpaired) electrons. The number of aliphatic carboxylic acids is 1. The van der Waals surface area contributed by atoms with Gasteiger partial charge in [-0.3, -0.25) is 9.59 Å². The molecule has 0 aromatic rings. The van der Waals surface area contributed by atoms with E-state index in [1.165, 1.54) is 0 Å². The van der Waals surface area contributed by atoms with Gasteiger partial charge in [0.05, 0.1) is 19.1 Å². The molecule has 1 unspecified atom stereocenters. The van der Waals surface area contributed by atoms with E-state index in [2.05, 4.69) is 0 Å². The highest BCUT2D eigenvalue weighted by atomic mass is 16.5. The minimum absolute atomic E-state index is 0.0328. The minimum Gasteiger partial charge on any atom is -0.481 e. The molecule has 20 heavy (non-hydrogen) atoms. The van der Waals surface area contributed by atoms with Crippen LogP contribution in [-0.2, 0) is 19.1 Å². The van der Waals surface area contributed by atoms with Crippen LogP contribution in [0.3, 0.4) is 0 Å². The minimum atomic E-state index is -0.844. The number of carbonyl (C=O) groups excluding carboxylic acids is 1. The molecule has 0 aromatic heterocycles. The van der Waals surface area contributed by atoms with Crippen LogP contribution >= 0.6 is 0 Å². The van der Waals surface area contributed by atoms with E-state index < -0.39 is 11.6 Å². The van der Waals surface area contributed by atoms with E-state index in [1.54, 1.807) is 0 Å². The van der Waals surface area contributed by atoms with Crippen LogP contribution in [0.2, 0.25) is 0 Å². The summed E-state index contributed by atoms with van der Waals surface area (Å²) < 4.78 is 11.1. The summed E-state index contributed by atoms with van der Waals surface area (Å²) in [7, 11) is 0. The second kappa shape index (κ2) is 6.54. The largest absolute Gasteiger partial charge is 0.481 e. The van der Waals surface area contributed by atoms with Crippen molar-refractivity contribution >= 4 is 11.9 Å². The first-order chi connectivity index (χ1) is 9.51. The molecule has 0 saturated carbocycles. The third-order valence-electron chi connectivity index (χ3n) is 4.07. The first-order valence-corrected chi connectivity index (χ1v) is 7.28. The summed E-state index contributed by atoms with van der Waals surface area (Å²) in [5.74, 6) is -0.761. The van der Waals surface area contributed by atoms with Crippen molar-refractivity contribution in [2.75, 3.05) is 26.3 Å². The lowest BCUT2D eigenvalue weighted by Gasteiger charge is -2.36. The van der Waals surface area contributed by atoms with Crippen LogP contribution in [0.1, 0.15) is 39.0 Å². The van der Waals surface area contributed by atoms with E-state index >= 15 is 0 Å². The molecule has 2 aliphatic rings. The monoisotopic (exact) mass is 285 g/mol. The quantitative estimate of drug-likeness (QED) is 0.816. The molecular formula is C14H23NO5. The van der Waals surface area contributed by atoms with Gasteiger partial charge in [-0.2, -0.15) is 0 Å². The van der Waals surface area contributed by atoms with Crippen molar-refractivity contribution in [1.29, 1.82) is 0 Å². The molecule has 2 aliphatic heterocycles. The van der Waals surface area contributed by atoms with E-state index in [-0.39, 0.29) is 25.0 Å². The smallest absolute Gasteiger partial charge is 0.305 e. The number of likely N-dealkylation sites (tertiary alicyclic amines) is 1. The average molecular weight is 285 g/mol. The molecule has 0 spiro atoms. The van der Waals surface area contributed by atoms with Gasteiger partial charge in [-0.05, 0) is 32.6 Å². The standard InChI is InChI=1S/C14H23NO5/c1-14(6-2-9-20-14)13(18)15-7-3-11(4-8-15)19-10-5-12(16)17/h11H,2-10H2,1H3,(H,16,17). The lowest BCUT2D eigenvalue weighted by molar-refractivity contribution is -0.153. The number of amides is 1. The Morgan fingerprint density at radius 2 is 2.10 bits per heavy atom. The molecule has 1 N–H and O–H groups in total. The number of hydrogen-bond donors (Lipinski definition) is 1. The Bertz CT molecular complexity index is 357. The zero-order valence-corrected chi connectivity index (χ0v) is 12.0. The Morgan fingerprint density at radius 3 is 2.65 bits per heavy atom. The Kier molecular flexibility index (Phi) is 4.99. The predicted octanol–water partition coefficient (Wildman–Crippen LogP) is 1.04. The van der Waals surface area contributed by atoms with Crippen LogP contribution in [0.15, 0.2) is 0 Å². The van der Waals surface area contributed by atoms with Crippen LogP contribution in [0, 0.1) is 0 Å². The Labute approximate surface area is 119 Å². The van der Waals surface area contributed by atoms with E-state index in [0.717, 1.165) is 25.7 Å². The molecule has 1 amide bonds. The van der Waals surface area contributed by atoms with Crippen molar-refractivity contribution < 1.29 is 24.2 Å². The second-order valence-electron chi connectivity index (χ2n) is 5.69. The van der Waals surface area contributed by atoms with Crippen LogP contribution in [0.25, 0.3) is 0 Å². The number of rotatable bonds is 5. The molecule has 2 fully saturated rings. The van der Waals surface area contributed by atoms with Gasteiger partial charge in [0, 0.05) is 19.7 Å². The summed E-state index contributed by atoms with van der Waals surface area (Å²) in [6.45, 7) is 4.11. The van der Waals surface area contributed by atoms with Gasteiger partial charge in [-0.25, -0.2) is 0 Å². The highest BCUT2D eigenvalue weighted by molar-refractivity contribution is 5.85. The fourth-order valence-corrected chi connectivity index (χ4v) is 2.82. The molecule has 114 valence electrons. The van der Waals surface area contributed by atoms with E-state index in [9.17, 15) is 9.59 Å². The first kappa shape index (κ1) is 15.3. The summed E-state index contributed by atoms with van der Waals surface area (Å²) in [6.07, 6.45) is 3.36. The van der Waals surface area contributed by atoms with Crippen molar-refractivity contribution in [2.24, 2.45) is 0 Å². The molecule has 2 rings (SSSR count). The van der Waals surface area contributed by atoms with Crippen LogP contribution in [0.4, 0.5) is 0 Å². The van der Waals surface area contributed by atoms with E-state index in [0.29, 0.717) is 19.7 Å². The third-order valence-corrected chi connectivity index (χ3v) is 4.07. The maximum atomic E-state index is 12.4. The highest BCUT2D eigenvalue weighted by Gasteiger charge is 2.41. The van der Waals surface area contributed by atoms with E-state index in [1.807, 2.05) is 11.8 Å². The third kappa shape index (κ3) is 3.70. The van der Waals surface area contributed by atoms with Gasteiger partial charge in [-0.1, -0.05) is 0 Å². The van der Waals surface area contributed by atoms with Crippen LogP contribution in [0.5, 0.6) is 0 Å². The highest BCUT2D eigenvalue weighted by Crippen LogP contribution is 2.28. The average Bonchev–Trinajstić information content (AvgIpc) is 2.86. The molecule has 0 aromatic carbocycles.